The molecule has 0 spiro atoms. The summed E-state index contributed by atoms with van der Waals surface area (Å²) in [5.41, 5.74) is 0.732. The number of halogens is 3. The molecule has 0 aliphatic rings. The summed E-state index contributed by atoms with van der Waals surface area (Å²) in [6.07, 6.45) is 0. The van der Waals surface area contributed by atoms with Crippen LogP contribution in [0, 0.1) is 0 Å². The van der Waals surface area contributed by atoms with Crippen molar-refractivity contribution in [1.29, 1.82) is 0 Å². The fourth-order valence-corrected chi connectivity index (χ4v) is 1.86. The van der Waals surface area contributed by atoms with Crippen molar-refractivity contribution in [3.8, 4) is 0 Å². The SMILES string of the molecule is O=C(Nc1cccc(Cl)c1Br)c1ccc(Cl)nn1. The first-order chi connectivity index (χ1) is 8.58. The first kappa shape index (κ1) is 13.3. The quantitative estimate of drug-likeness (QED) is 0.899. The smallest absolute Gasteiger partial charge is 0.276 e. The second-order valence-corrected chi connectivity index (χ2v) is 4.88. The zero-order chi connectivity index (χ0) is 13.1. The van der Waals surface area contributed by atoms with Gasteiger partial charge in [0.15, 0.2) is 10.8 Å². The van der Waals surface area contributed by atoms with Crippen LogP contribution in [0.25, 0.3) is 0 Å². The van der Waals surface area contributed by atoms with E-state index in [9.17, 15) is 4.79 Å². The standard InChI is InChI=1S/C11H6BrCl2N3O/c12-10-6(13)2-1-3-7(10)15-11(18)8-4-5-9(14)17-16-8/h1-5H,(H,15,18). The zero-order valence-electron chi connectivity index (χ0n) is 8.82. The van der Waals surface area contributed by atoms with Gasteiger partial charge in [-0.3, -0.25) is 4.79 Å². The average Bonchev–Trinajstić information content (AvgIpc) is 2.36. The minimum Gasteiger partial charge on any atom is -0.319 e. The highest BCUT2D eigenvalue weighted by molar-refractivity contribution is 9.10. The third-order valence-electron chi connectivity index (χ3n) is 2.06. The van der Waals surface area contributed by atoms with Gasteiger partial charge in [0.25, 0.3) is 5.91 Å². The molecule has 2 rings (SSSR count). The number of nitrogens with zero attached hydrogens (tertiary/aromatic N) is 2. The Kier molecular flexibility index (Phi) is 4.16. The van der Waals surface area contributed by atoms with Gasteiger partial charge in [-0.1, -0.05) is 29.3 Å². The van der Waals surface area contributed by atoms with Crippen LogP contribution in [-0.4, -0.2) is 16.1 Å². The molecule has 0 unspecified atom stereocenters. The molecule has 1 aromatic carbocycles. The van der Waals surface area contributed by atoms with E-state index in [0.29, 0.717) is 15.2 Å². The first-order valence-electron chi connectivity index (χ1n) is 4.82. The Morgan fingerprint density at radius 1 is 1.17 bits per heavy atom. The van der Waals surface area contributed by atoms with Crippen molar-refractivity contribution in [1.82, 2.24) is 10.2 Å². The van der Waals surface area contributed by atoms with Crippen molar-refractivity contribution in [2.24, 2.45) is 0 Å². The molecule has 0 fully saturated rings. The largest absolute Gasteiger partial charge is 0.319 e. The summed E-state index contributed by atoms with van der Waals surface area (Å²) in [5, 5.41) is 10.7. The minimum absolute atomic E-state index is 0.172. The van der Waals surface area contributed by atoms with Gasteiger partial charge in [-0.2, -0.15) is 0 Å². The van der Waals surface area contributed by atoms with Gasteiger partial charge in [-0.25, -0.2) is 0 Å². The van der Waals surface area contributed by atoms with Crippen molar-refractivity contribution in [3.63, 3.8) is 0 Å². The Bertz CT molecular complexity index is 589. The molecule has 92 valence electrons. The van der Waals surface area contributed by atoms with Gasteiger partial charge in [-0.15, -0.1) is 10.2 Å². The van der Waals surface area contributed by atoms with Gasteiger partial charge in [0, 0.05) is 0 Å². The second-order valence-electron chi connectivity index (χ2n) is 3.30. The van der Waals surface area contributed by atoms with Gasteiger partial charge >= 0.3 is 0 Å². The van der Waals surface area contributed by atoms with Crippen LogP contribution in [0.15, 0.2) is 34.8 Å². The lowest BCUT2D eigenvalue weighted by atomic mass is 10.3. The van der Waals surface area contributed by atoms with E-state index in [1.807, 2.05) is 0 Å². The molecule has 0 aliphatic heterocycles. The highest BCUT2D eigenvalue weighted by Crippen LogP contribution is 2.30. The molecule has 0 atom stereocenters. The van der Waals surface area contributed by atoms with E-state index in [-0.39, 0.29) is 16.8 Å². The number of hydrogen-bond acceptors (Lipinski definition) is 3. The van der Waals surface area contributed by atoms with E-state index in [1.54, 1.807) is 18.2 Å². The average molecular weight is 347 g/mol. The van der Waals surface area contributed by atoms with Gasteiger partial charge in [0.1, 0.15) is 0 Å². The molecule has 7 heteroatoms. The van der Waals surface area contributed by atoms with Crippen molar-refractivity contribution in [2.45, 2.75) is 0 Å². The van der Waals surface area contributed by atoms with E-state index in [1.165, 1.54) is 12.1 Å². The molecule has 0 radical (unpaired) electrons. The lowest BCUT2D eigenvalue weighted by molar-refractivity contribution is 0.102. The molecular formula is C11H6BrCl2N3O. The molecule has 1 N–H and O–H groups in total. The van der Waals surface area contributed by atoms with Crippen LogP contribution in [0.1, 0.15) is 10.5 Å². The number of aromatic nitrogens is 2. The maximum atomic E-state index is 11.9. The van der Waals surface area contributed by atoms with Crippen LogP contribution >= 0.6 is 39.1 Å². The number of carbonyl (C=O) groups excluding carboxylic acids is 1. The molecule has 2 aromatic rings. The van der Waals surface area contributed by atoms with E-state index in [2.05, 4.69) is 31.4 Å². The Labute approximate surface area is 121 Å². The van der Waals surface area contributed by atoms with Gasteiger partial charge in [0.2, 0.25) is 0 Å². The number of benzene rings is 1. The predicted molar refractivity (Wildman–Crippen MR) is 74.1 cm³/mol. The zero-order valence-corrected chi connectivity index (χ0v) is 11.9. The maximum Gasteiger partial charge on any atom is 0.276 e. The van der Waals surface area contributed by atoms with Crippen LogP contribution < -0.4 is 5.32 Å². The monoisotopic (exact) mass is 345 g/mol. The highest BCUT2D eigenvalue weighted by atomic mass is 79.9. The summed E-state index contributed by atoms with van der Waals surface area (Å²) in [4.78, 5) is 11.9. The lowest BCUT2D eigenvalue weighted by Gasteiger charge is -2.07. The van der Waals surface area contributed by atoms with Crippen LogP contribution in [0.5, 0.6) is 0 Å². The predicted octanol–water partition coefficient (Wildman–Crippen LogP) is 3.80. The van der Waals surface area contributed by atoms with E-state index >= 15 is 0 Å². The lowest BCUT2D eigenvalue weighted by Crippen LogP contribution is -2.14. The summed E-state index contributed by atoms with van der Waals surface area (Å²) in [7, 11) is 0. The summed E-state index contributed by atoms with van der Waals surface area (Å²) in [6, 6.07) is 8.15. The molecule has 4 nitrogen and oxygen atoms in total. The molecule has 0 bridgehead atoms. The van der Waals surface area contributed by atoms with Crippen molar-refractivity contribution in [2.75, 3.05) is 5.32 Å². The molecular weight excluding hydrogens is 341 g/mol. The topological polar surface area (TPSA) is 54.9 Å². The van der Waals surface area contributed by atoms with Crippen LogP contribution in [0.3, 0.4) is 0 Å². The third-order valence-corrected chi connectivity index (χ3v) is 3.66. The fraction of sp³-hybridized carbons (Fsp3) is 0. The number of rotatable bonds is 2. The van der Waals surface area contributed by atoms with E-state index < -0.39 is 0 Å². The fourth-order valence-electron chi connectivity index (χ4n) is 1.22. The van der Waals surface area contributed by atoms with E-state index in [4.69, 9.17) is 23.2 Å². The van der Waals surface area contributed by atoms with Crippen LogP contribution in [0.2, 0.25) is 10.2 Å². The van der Waals surface area contributed by atoms with E-state index in [0.717, 1.165) is 0 Å². The summed E-state index contributed by atoms with van der Waals surface area (Å²) < 4.78 is 0.613. The van der Waals surface area contributed by atoms with Crippen molar-refractivity contribution < 1.29 is 4.79 Å². The molecule has 0 saturated carbocycles. The number of amides is 1. The number of hydrogen-bond donors (Lipinski definition) is 1. The Morgan fingerprint density at radius 2 is 1.94 bits per heavy atom. The molecule has 1 amide bonds. The van der Waals surface area contributed by atoms with Crippen LogP contribution in [0.4, 0.5) is 5.69 Å². The third kappa shape index (κ3) is 2.98. The Balaban J connectivity index is 2.21. The Hall–Kier alpha value is -1.17. The molecule has 1 aromatic heterocycles. The van der Waals surface area contributed by atoms with Crippen molar-refractivity contribution in [3.05, 3.63) is 50.7 Å². The number of nitrogens with one attached hydrogen (secondary N) is 1. The second kappa shape index (κ2) is 5.65. The summed E-state index contributed by atoms with van der Waals surface area (Å²) in [5.74, 6) is -0.387. The highest BCUT2D eigenvalue weighted by Gasteiger charge is 2.11. The van der Waals surface area contributed by atoms with Gasteiger partial charge in [0.05, 0.1) is 15.2 Å². The van der Waals surface area contributed by atoms with Crippen LogP contribution in [-0.2, 0) is 0 Å². The Morgan fingerprint density at radius 3 is 2.61 bits per heavy atom. The summed E-state index contributed by atoms with van der Waals surface area (Å²) in [6.45, 7) is 0. The number of carbonyl (C=O) groups is 1. The maximum absolute atomic E-state index is 11.9. The molecule has 0 aliphatic carbocycles. The van der Waals surface area contributed by atoms with Gasteiger partial charge < -0.3 is 5.32 Å². The minimum atomic E-state index is -0.387. The number of anilines is 1. The van der Waals surface area contributed by atoms with Crippen molar-refractivity contribution >= 4 is 50.7 Å². The first-order valence-corrected chi connectivity index (χ1v) is 6.37. The molecule has 1 heterocycles. The van der Waals surface area contributed by atoms with Gasteiger partial charge in [-0.05, 0) is 40.2 Å². The molecule has 18 heavy (non-hydrogen) atoms. The summed E-state index contributed by atoms with van der Waals surface area (Å²) >= 11 is 14.8. The molecule has 0 saturated heterocycles. The normalized spacial score (nSPS) is 10.2.